The summed E-state index contributed by atoms with van der Waals surface area (Å²) in [4.78, 5) is 18.2. The summed E-state index contributed by atoms with van der Waals surface area (Å²) in [5.41, 5.74) is 4.57. The quantitative estimate of drug-likeness (QED) is 0.464. The van der Waals surface area contributed by atoms with Gasteiger partial charge in [0.15, 0.2) is 0 Å². The van der Waals surface area contributed by atoms with E-state index in [0.29, 0.717) is 34.4 Å². The Morgan fingerprint density at radius 1 is 1.23 bits per heavy atom. The van der Waals surface area contributed by atoms with Gasteiger partial charge in [-0.25, -0.2) is 0 Å². The molecule has 2 heterocycles. The van der Waals surface area contributed by atoms with Crippen LogP contribution in [-0.4, -0.2) is 27.5 Å². The number of rotatable bonds is 5. The average molecular weight is 522 g/mol. The lowest BCUT2D eigenvalue weighted by Gasteiger charge is -2.11. The lowest BCUT2D eigenvalue weighted by atomic mass is 10.0. The topological polar surface area (TPSA) is 68.5 Å². The van der Waals surface area contributed by atoms with Gasteiger partial charge in [0.2, 0.25) is 6.10 Å². The predicted molar refractivity (Wildman–Crippen MR) is 126 cm³/mol. The third kappa shape index (κ3) is 4.63. The van der Waals surface area contributed by atoms with Crippen LogP contribution in [0.1, 0.15) is 28.9 Å². The molecule has 0 fully saturated rings. The summed E-state index contributed by atoms with van der Waals surface area (Å²) in [5.74, 6) is -0.268. The molecule has 0 spiro atoms. The van der Waals surface area contributed by atoms with Crippen molar-refractivity contribution in [3.05, 3.63) is 79.5 Å². The molecule has 9 heteroatoms. The summed E-state index contributed by atoms with van der Waals surface area (Å²) in [6.45, 7) is 4.13. The Kier molecular flexibility index (Phi) is 6.36. The number of carbonyl (C=O) groups excluding carboxylic acids is 1. The van der Waals surface area contributed by atoms with Gasteiger partial charge in [0.05, 0.1) is 29.3 Å². The third-order valence-electron chi connectivity index (χ3n) is 5.12. The molecule has 4 rings (SSSR count). The SMILES string of the molecule is Cc1nn(Cc2c(Cl)cccc2Cl)c(C)c1NC(=O)[C@@H]1CC(c2cccc(Br)c2)=NO1. The summed E-state index contributed by atoms with van der Waals surface area (Å²) < 4.78 is 2.72. The summed E-state index contributed by atoms with van der Waals surface area (Å²) in [5, 5.41) is 12.7. The van der Waals surface area contributed by atoms with Gasteiger partial charge in [-0.15, -0.1) is 0 Å². The number of nitrogens with one attached hydrogen (secondary N) is 1. The molecular weight excluding hydrogens is 503 g/mol. The number of hydrogen-bond donors (Lipinski definition) is 1. The molecule has 1 aliphatic heterocycles. The fourth-order valence-corrected chi connectivity index (χ4v) is 4.34. The molecule has 0 bridgehead atoms. The zero-order valence-corrected chi connectivity index (χ0v) is 19.9. The number of benzene rings is 2. The van der Waals surface area contributed by atoms with Crippen LogP contribution in [0.5, 0.6) is 0 Å². The molecule has 1 atom stereocenters. The first-order chi connectivity index (χ1) is 14.8. The highest BCUT2D eigenvalue weighted by atomic mass is 79.9. The van der Waals surface area contributed by atoms with E-state index in [2.05, 4.69) is 31.5 Å². The van der Waals surface area contributed by atoms with E-state index in [9.17, 15) is 4.79 Å². The molecule has 0 unspecified atom stereocenters. The molecule has 0 radical (unpaired) electrons. The smallest absolute Gasteiger partial charge is 0.268 e. The zero-order valence-electron chi connectivity index (χ0n) is 16.8. The number of oxime groups is 1. The molecule has 0 aliphatic carbocycles. The molecule has 0 saturated heterocycles. The van der Waals surface area contributed by atoms with Crippen LogP contribution < -0.4 is 5.32 Å². The maximum atomic E-state index is 12.8. The minimum absolute atomic E-state index is 0.268. The first-order valence-electron chi connectivity index (χ1n) is 9.60. The largest absolute Gasteiger partial charge is 0.382 e. The van der Waals surface area contributed by atoms with Crippen LogP contribution in [0.2, 0.25) is 10.0 Å². The first-order valence-corrected chi connectivity index (χ1v) is 11.1. The monoisotopic (exact) mass is 520 g/mol. The number of nitrogens with zero attached hydrogens (tertiary/aromatic N) is 3. The highest BCUT2D eigenvalue weighted by Crippen LogP contribution is 2.28. The molecule has 3 aromatic rings. The van der Waals surface area contributed by atoms with Gasteiger partial charge >= 0.3 is 0 Å². The van der Waals surface area contributed by atoms with E-state index in [0.717, 1.165) is 27.0 Å². The lowest BCUT2D eigenvalue weighted by molar-refractivity contribution is -0.125. The van der Waals surface area contributed by atoms with E-state index < -0.39 is 6.10 Å². The number of hydrogen-bond acceptors (Lipinski definition) is 4. The first kappa shape index (κ1) is 21.9. The number of aromatic nitrogens is 2. The standard InChI is InChI=1S/C22H19BrCl2N4O2/c1-12-21(13(2)29(27-12)11-16-17(24)7-4-8-18(16)25)26-22(30)20-10-19(28-31-20)14-5-3-6-15(23)9-14/h3-9,20H,10-11H2,1-2H3,(H,26,30)/t20-/m0/s1. The molecule has 0 saturated carbocycles. The second-order valence-corrected chi connectivity index (χ2v) is 8.97. The fraction of sp³-hybridized carbons (Fsp3) is 0.227. The highest BCUT2D eigenvalue weighted by Gasteiger charge is 2.30. The van der Waals surface area contributed by atoms with E-state index in [1.165, 1.54) is 0 Å². The molecule has 31 heavy (non-hydrogen) atoms. The molecule has 1 amide bonds. The van der Waals surface area contributed by atoms with Gasteiger partial charge in [-0.2, -0.15) is 5.10 Å². The van der Waals surface area contributed by atoms with Gasteiger partial charge in [0.1, 0.15) is 0 Å². The van der Waals surface area contributed by atoms with Gasteiger partial charge in [-0.05, 0) is 38.1 Å². The lowest BCUT2D eigenvalue weighted by Crippen LogP contribution is -2.28. The highest BCUT2D eigenvalue weighted by molar-refractivity contribution is 9.10. The predicted octanol–water partition coefficient (Wildman–Crippen LogP) is 5.75. The Labute approximate surface area is 198 Å². The molecule has 1 N–H and O–H groups in total. The van der Waals surface area contributed by atoms with Gasteiger partial charge in [0, 0.05) is 32.1 Å². The Morgan fingerprint density at radius 3 is 2.65 bits per heavy atom. The van der Waals surface area contributed by atoms with E-state index >= 15 is 0 Å². The summed E-state index contributed by atoms with van der Waals surface area (Å²) in [7, 11) is 0. The third-order valence-corrected chi connectivity index (χ3v) is 6.32. The zero-order chi connectivity index (χ0) is 22.1. The van der Waals surface area contributed by atoms with Crippen molar-refractivity contribution in [2.24, 2.45) is 5.16 Å². The van der Waals surface area contributed by atoms with Crippen molar-refractivity contribution in [2.75, 3.05) is 5.32 Å². The minimum Gasteiger partial charge on any atom is -0.382 e. The number of carbonyl (C=O) groups is 1. The van der Waals surface area contributed by atoms with Gasteiger partial charge in [-0.1, -0.05) is 62.5 Å². The fourth-order valence-electron chi connectivity index (χ4n) is 3.43. The summed E-state index contributed by atoms with van der Waals surface area (Å²) in [6.07, 6.45) is -0.307. The molecule has 2 aromatic carbocycles. The molecule has 160 valence electrons. The molecule has 1 aromatic heterocycles. The van der Waals surface area contributed by atoms with Crippen molar-refractivity contribution in [3.8, 4) is 0 Å². The van der Waals surface area contributed by atoms with Crippen LogP contribution >= 0.6 is 39.1 Å². The van der Waals surface area contributed by atoms with Crippen molar-refractivity contribution in [3.63, 3.8) is 0 Å². The van der Waals surface area contributed by atoms with Crippen LogP contribution in [0.15, 0.2) is 52.1 Å². The average Bonchev–Trinajstić information content (AvgIpc) is 3.32. The second-order valence-electron chi connectivity index (χ2n) is 7.24. The summed E-state index contributed by atoms with van der Waals surface area (Å²) in [6, 6.07) is 13.1. The van der Waals surface area contributed by atoms with E-state index in [-0.39, 0.29) is 5.91 Å². The Morgan fingerprint density at radius 2 is 1.94 bits per heavy atom. The van der Waals surface area contributed by atoms with E-state index in [4.69, 9.17) is 28.0 Å². The van der Waals surface area contributed by atoms with Crippen LogP contribution in [0.4, 0.5) is 5.69 Å². The van der Waals surface area contributed by atoms with E-state index in [1.807, 2.05) is 38.1 Å². The molecule has 1 aliphatic rings. The minimum atomic E-state index is -0.700. The molecular formula is C22H19BrCl2N4O2. The number of halogens is 3. The number of amides is 1. The number of anilines is 1. The Bertz CT molecular complexity index is 1170. The van der Waals surface area contributed by atoms with Crippen molar-refractivity contribution in [1.82, 2.24) is 9.78 Å². The van der Waals surface area contributed by atoms with Crippen molar-refractivity contribution in [2.45, 2.75) is 32.9 Å². The van der Waals surface area contributed by atoms with E-state index in [1.54, 1.807) is 22.9 Å². The molecule has 6 nitrogen and oxygen atoms in total. The number of aryl methyl sites for hydroxylation is 1. The van der Waals surface area contributed by atoms with Gasteiger partial charge in [0.25, 0.3) is 5.91 Å². The van der Waals surface area contributed by atoms with Crippen LogP contribution in [0, 0.1) is 13.8 Å². The second kappa shape index (κ2) is 9.02. The van der Waals surface area contributed by atoms with Crippen molar-refractivity contribution >= 4 is 56.4 Å². The Balaban J connectivity index is 1.47. The maximum Gasteiger partial charge on any atom is 0.268 e. The Hall–Kier alpha value is -2.35. The van der Waals surface area contributed by atoms with Crippen LogP contribution in [-0.2, 0) is 16.2 Å². The van der Waals surface area contributed by atoms with Crippen molar-refractivity contribution < 1.29 is 9.63 Å². The maximum absolute atomic E-state index is 12.8. The van der Waals surface area contributed by atoms with Gasteiger partial charge < -0.3 is 10.2 Å². The van der Waals surface area contributed by atoms with Crippen LogP contribution in [0.3, 0.4) is 0 Å². The summed E-state index contributed by atoms with van der Waals surface area (Å²) >= 11 is 16.0. The van der Waals surface area contributed by atoms with Gasteiger partial charge in [-0.3, -0.25) is 9.48 Å². The van der Waals surface area contributed by atoms with Crippen molar-refractivity contribution in [1.29, 1.82) is 0 Å². The van der Waals surface area contributed by atoms with Crippen LogP contribution in [0.25, 0.3) is 0 Å². The normalized spacial score (nSPS) is 15.5.